The largest absolute Gasteiger partial charge is 0.354 e. The van der Waals surface area contributed by atoms with Gasteiger partial charge in [0.05, 0.1) is 6.20 Å². The molecule has 2 fully saturated rings. The van der Waals surface area contributed by atoms with Gasteiger partial charge in [0.25, 0.3) is 0 Å². The molecule has 2 aliphatic heterocycles. The fraction of sp³-hybridized carbons (Fsp3) is 0.688. The average molecular weight is 306 g/mol. The van der Waals surface area contributed by atoms with Crippen LogP contribution in [0.1, 0.15) is 27.7 Å². The van der Waals surface area contributed by atoms with Gasteiger partial charge in [0.1, 0.15) is 22.7 Å². The molecule has 1 aromatic heterocycles. The molecule has 0 amide bonds. The topological polar surface area (TPSA) is 41.1 Å². The Morgan fingerprint density at radius 2 is 1.55 bits per heavy atom. The Balaban J connectivity index is 1.70. The molecule has 0 atom stereocenters. The van der Waals surface area contributed by atoms with E-state index in [1.54, 1.807) is 0 Å². The summed E-state index contributed by atoms with van der Waals surface area (Å²) in [6.45, 7) is 12.3. The highest BCUT2D eigenvalue weighted by atomic mass is 17.0. The molecule has 2 saturated heterocycles. The Morgan fingerprint density at radius 3 is 2.05 bits per heavy atom. The third-order valence-corrected chi connectivity index (χ3v) is 4.84. The van der Waals surface area contributed by atoms with Crippen LogP contribution in [0.4, 0.5) is 11.5 Å². The zero-order valence-electron chi connectivity index (χ0n) is 14.2. The number of piperazine rings is 1. The first-order chi connectivity index (χ1) is 10.3. The normalized spacial score (nSPS) is 24.8. The lowest BCUT2D eigenvalue weighted by Crippen LogP contribution is -2.44. The third-order valence-electron chi connectivity index (χ3n) is 4.84. The summed E-state index contributed by atoms with van der Waals surface area (Å²) in [5.41, 5.74) is 0.0447. The smallest absolute Gasteiger partial charge is 0.128 e. The summed E-state index contributed by atoms with van der Waals surface area (Å²) in [6.07, 6.45) is 1.81. The molecule has 0 aliphatic carbocycles. The maximum atomic E-state index is 5.90. The van der Waals surface area contributed by atoms with Crippen molar-refractivity contribution in [2.45, 2.75) is 38.9 Å². The molecule has 3 heterocycles. The van der Waals surface area contributed by atoms with Crippen LogP contribution >= 0.6 is 0 Å². The number of likely N-dealkylation sites (N-methyl/N-ethyl adjacent to an activating group) is 1. The van der Waals surface area contributed by atoms with Crippen molar-refractivity contribution in [1.29, 1.82) is 0 Å². The van der Waals surface area contributed by atoms with Crippen molar-refractivity contribution in [3.8, 4) is 0 Å². The van der Waals surface area contributed by atoms with E-state index < -0.39 is 0 Å². The van der Waals surface area contributed by atoms with Crippen LogP contribution in [0.5, 0.6) is 0 Å². The van der Waals surface area contributed by atoms with Crippen molar-refractivity contribution < 1.29 is 9.68 Å². The number of nitrogens with zero attached hydrogens (tertiary/aromatic N) is 4. The maximum Gasteiger partial charge on any atom is 0.128 e. The van der Waals surface area contributed by atoms with E-state index in [4.69, 9.17) is 9.68 Å². The van der Waals surface area contributed by atoms with Crippen LogP contribution in [0, 0.1) is 0 Å². The van der Waals surface area contributed by atoms with Gasteiger partial charge in [-0.15, -0.1) is 5.23 Å². The second kappa shape index (κ2) is 5.37. The Morgan fingerprint density at radius 1 is 0.955 bits per heavy atom. The van der Waals surface area contributed by atoms with E-state index in [-0.39, 0.29) is 11.2 Å². The molecule has 0 aromatic carbocycles. The van der Waals surface area contributed by atoms with Crippen molar-refractivity contribution in [2.75, 3.05) is 43.4 Å². The van der Waals surface area contributed by atoms with E-state index in [2.05, 4.69) is 21.8 Å². The number of hydrogen-bond acceptors (Lipinski definition) is 6. The van der Waals surface area contributed by atoms with Gasteiger partial charge < -0.3 is 9.80 Å². The molecule has 6 heteroatoms. The molecule has 22 heavy (non-hydrogen) atoms. The molecule has 1 aromatic rings. The molecular formula is C16H26N4O2. The van der Waals surface area contributed by atoms with Gasteiger partial charge in [-0.25, -0.2) is 14.7 Å². The zero-order chi connectivity index (χ0) is 16.0. The number of hydrogen-bond donors (Lipinski definition) is 0. The predicted molar refractivity (Wildman–Crippen MR) is 86.8 cm³/mol. The zero-order valence-corrected chi connectivity index (χ0v) is 14.2. The van der Waals surface area contributed by atoms with Crippen LogP contribution < -0.4 is 10.1 Å². The minimum absolute atomic E-state index is 0.386. The van der Waals surface area contributed by atoms with Crippen LogP contribution in [-0.4, -0.2) is 54.3 Å². The first kappa shape index (κ1) is 15.5. The first-order valence-corrected chi connectivity index (χ1v) is 7.86. The Kier molecular flexibility index (Phi) is 3.79. The minimum Gasteiger partial charge on any atom is -0.354 e. The summed E-state index contributed by atoms with van der Waals surface area (Å²) in [5, 5.41) is 1.49. The Bertz CT molecular complexity index is 505. The van der Waals surface area contributed by atoms with Crippen LogP contribution in [-0.2, 0) is 9.68 Å². The number of anilines is 2. The Hall–Kier alpha value is -1.37. The van der Waals surface area contributed by atoms with Crippen LogP contribution in [0.3, 0.4) is 0 Å². The van der Waals surface area contributed by atoms with E-state index in [0.717, 1.165) is 37.7 Å². The van der Waals surface area contributed by atoms with E-state index in [0.29, 0.717) is 0 Å². The van der Waals surface area contributed by atoms with Gasteiger partial charge >= 0.3 is 0 Å². The molecule has 0 radical (unpaired) electrons. The molecule has 2 aliphatic rings. The maximum absolute atomic E-state index is 5.90. The summed E-state index contributed by atoms with van der Waals surface area (Å²) in [5.74, 6) is 1.01. The SMILES string of the molecule is CN1CCN(c2ccc(N3OC(C)(C)C(C)(C)O3)cn2)CC1. The van der Waals surface area contributed by atoms with E-state index >= 15 is 0 Å². The van der Waals surface area contributed by atoms with Crippen molar-refractivity contribution in [2.24, 2.45) is 0 Å². The van der Waals surface area contributed by atoms with Crippen molar-refractivity contribution in [3.63, 3.8) is 0 Å². The molecule has 0 N–H and O–H groups in total. The monoisotopic (exact) mass is 306 g/mol. The van der Waals surface area contributed by atoms with Gasteiger partial charge in [-0.2, -0.15) is 0 Å². The summed E-state index contributed by atoms with van der Waals surface area (Å²) in [6, 6.07) is 4.03. The van der Waals surface area contributed by atoms with Gasteiger partial charge in [-0.3, -0.25) is 0 Å². The van der Waals surface area contributed by atoms with E-state index in [1.807, 2.05) is 46.0 Å². The van der Waals surface area contributed by atoms with E-state index in [9.17, 15) is 0 Å². The molecule has 0 bridgehead atoms. The summed E-state index contributed by atoms with van der Waals surface area (Å²) in [7, 11) is 2.15. The second-order valence-electron chi connectivity index (χ2n) is 7.13. The standard InChI is InChI=1S/C16H26N4O2/c1-15(2)16(3,4)22-20(21-15)13-6-7-14(17-12-13)19-10-8-18(5)9-11-19/h6-7,12H,8-11H2,1-5H3. The molecule has 6 nitrogen and oxygen atoms in total. The molecule has 3 rings (SSSR count). The summed E-state index contributed by atoms with van der Waals surface area (Å²) < 4.78 is 0. The van der Waals surface area contributed by atoms with Crippen molar-refractivity contribution in [1.82, 2.24) is 9.88 Å². The second-order valence-corrected chi connectivity index (χ2v) is 7.13. The van der Waals surface area contributed by atoms with E-state index in [1.165, 1.54) is 5.23 Å². The Labute approximate surface area is 132 Å². The highest BCUT2D eigenvalue weighted by molar-refractivity contribution is 5.48. The number of aromatic nitrogens is 1. The molecule has 0 spiro atoms. The molecular weight excluding hydrogens is 280 g/mol. The lowest BCUT2D eigenvalue weighted by atomic mass is 9.90. The third kappa shape index (κ3) is 2.78. The minimum atomic E-state index is -0.386. The molecule has 0 unspecified atom stereocenters. The summed E-state index contributed by atoms with van der Waals surface area (Å²) >= 11 is 0. The molecule has 122 valence electrons. The summed E-state index contributed by atoms with van der Waals surface area (Å²) in [4.78, 5) is 21.0. The first-order valence-electron chi connectivity index (χ1n) is 7.86. The van der Waals surface area contributed by atoms with Crippen LogP contribution in [0.15, 0.2) is 18.3 Å². The van der Waals surface area contributed by atoms with Crippen molar-refractivity contribution >= 4 is 11.5 Å². The fourth-order valence-electron chi connectivity index (χ4n) is 2.47. The van der Waals surface area contributed by atoms with Gasteiger partial charge in [0, 0.05) is 26.2 Å². The average Bonchev–Trinajstić information content (AvgIpc) is 2.68. The predicted octanol–water partition coefficient (Wildman–Crippen LogP) is 2.07. The number of pyridine rings is 1. The quantitative estimate of drug-likeness (QED) is 0.833. The van der Waals surface area contributed by atoms with Gasteiger partial charge in [0.15, 0.2) is 0 Å². The fourth-order valence-corrected chi connectivity index (χ4v) is 2.47. The van der Waals surface area contributed by atoms with Crippen LogP contribution in [0.2, 0.25) is 0 Å². The van der Waals surface area contributed by atoms with Crippen molar-refractivity contribution in [3.05, 3.63) is 18.3 Å². The number of rotatable bonds is 2. The lowest BCUT2D eigenvalue weighted by molar-refractivity contribution is -0.0274. The van der Waals surface area contributed by atoms with Crippen LogP contribution in [0.25, 0.3) is 0 Å². The highest BCUT2D eigenvalue weighted by Gasteiger charge is 2.50. The molecule has 0 saturated carbocycles. The lowest BCUT2D eigenvalue weighted by Gasteiger charge is -2.33. The van der Waals surface area contributed by atoms with Gasteiger partial charge in [0.2, 0.25) is 0 Å². The van der Waals surface area contributed by atoms with Gasteiger partial charge in [-0.1, -0.05) is 0 Å². The van der Waals surface area contributed by atoms with Gasteiger partial charge in [-0.05, 0) is 46.9 Å². The highest BCUT2D eigenvalue weighted by Crippen LogP contribution is 2.39.